The van der Waals surface area contributed by atoms with Crippen LogP contribution in [0.3, 0.4) is 0 Å². The lowest BCUT2D eigenvalue weighted by Gasteiger charge is -2.10. The van der Waals surface area contributed by atoms with Crippen molar-refractivity contribution in [1.29, 1.82) is 0 Å². The van der Waals surface area contributed by atoms with Gasteiger partial charge in [-0.1, -0.05) is 42.5 Å². The molecule has 4 rings (SSSR count). The van der Waals surface area contributed by atoms with Crippen LogP contribution in [0.5, 0.6) is 5.75 Å². The smallest absolute Gasteiger partial charge is 0.272 e. The van der Waals surface area contributed by atoms with E-state index in [0.717, 1.165) is 24.3 Å². The summed E-state index contributed by atoms with van der Waals surface area (Å²) in [7, 11) is 4.04. The van der Waals surface area contributed by atoms with Crippen LogP contribution in [0, 0.1) is 0 Å². The van der Waals surface area contributed by atoms with Crippen LogP contribution in [0.1, 0.15) is 27.9 Å². The summed E-state index contributed by atoms with van der Waals surface area (Å²) in [6.07, 6.45) is 4.10. The lowest BCUT2D eigenvalue weighted by molar-refractivity contribution is 0.102. The number of rotatable bonds is 9. The zero-order chi connectivity index (χ0) is 26.9. The van der Waals surface area contributed by atoms with E-state index < -0.39 is 11.1 Å². The molecule has 4 aromatic rings. The molecule has 0 fully saturated rings. The third kappa shape index (κ3) is 7.41. The number of ether oxygens (including phenoxy) is 1. The van der Waals surface area contributed by atoms with Crippen molar-refractivity contribution in [3.05, 3.63) is 127 Å². The zero-order valence-corrected chi connectivity index (χ0v) is 21.4. The number of aromatic amines is 2. The SMILES string of the molecule is CN(C)CCCOc1ccc(C=c2[nH]c(=O)c(=Cc3ccc(C(=O)Nc4ccccc4)cc3)[nH]c2=O)cc1. The molecule has 1 heterocycles. The second-order valence-corrected chi connectivity index (χ2v) is 9.04. The predicted molar refractivity (Wildman–Crippen MR) is 150 cm³/mol. The van der Waals surface area contributed by atoms with Crippen LogP contribution < -0.4 is 31.9 Å². The van der Waals surface area contributed by atoms with E-state index in [1.165, 1.54) is 0 Å². The number of hydrogen-bond acceptors (Lipinski definition) is 5. The fraction of sp³-hybridized carbons (Fsp3) is 0.167. The number of benzene rings is 3. The highest BCUT2D eigenvalue weighted by atomic mass is 16.5. The van der Waals surface area contributed by atoms with Gasteiger partial charge in [0.15, 0.2) is 0 Å². The van der Waals surface area contributed by atoms with Gasteiger partial charge in [-0.15, -0.1) is 0 Å². The molecule has 0 unspecified atom stereocenters. The summed E-state index contributed by atoms with van der Waals surface area (Å²) in [6, 6.07) is 23.2. The lowest BCUT2D eigenvalue weighted by Crippen LogP contribution is -2.46. The molecule has 8 heteroatoms. The molecule has 0 aliphatic heterocycles. The first-order valence-electron chi connectivity index (χ1n) is 12.3. The predicted octanol–water partition coefficient (Wildman–Crippen LogP) is 2.30. The molecule has 0 aliphatic carbocycles. The number of carbonyl (C=O) groups excluding carboxylic acids is 1. The molecule has 194 valence electrons. The summed E-state index contributed by atoms with van der Waals surface area (Å²) in [6.45, 7) is 1.57. The second-order valence-electron chi connectivity index (χ2n) is 9.04. The molecule has 0 bridgehead atoms. The van der Waals surface area contributed by atoms with E-state index in [-0.39, 0.29) is 16.6 Å². The van der Waals surface area contributed by atoms with Gasteiger partial charge in [-0.3, -0.25) is 14.4 Å². The number of nitrogens with zero attached hydrogens (tertiary/aromatic N) is 1. The Balaban J connectivity index is 1.46. The minimum atomic E-state index is -0.428. The Morgan fingerprint density at radius 2 is 1.37 bits per heavy atom. The fourth-order valence-electron chi connectivity index (χ4n) is 3.72. The molecule has 38 heavy (non-hydrogen) atoms. The molecule has 0 atom stereocenters. The number of hydrogen-bond donors (Lipinski definition) is 3. The molecule has 3 N–H and O–H groups in total. The van der Waals surface area contributed by atoms with Crippen molar-refractivity contribution in [3.8, 4) is 5.75 Å². The van der Waals surface area contributed by atoms with E-state index >= 15 is 0 Å². The number of H-pyrrole nitrogens is 2. The van der Waals surface area contributed by atoms with E-state index in [1.807, 2.05) is 68.7 Å². The maximum Gasteiger partial charge on any atom is 0.272 e. The highest BCUT2D eigenvalue weighted by molar-refractivity contribution is 6.04. The molecule has 3 aromatic carbocycles. The van der Waals surface area contributed by atoms with Crippen molar-refractivity contribution in [2.24, 2.45) is 0 Å². The van der Waals surface area contributed by atoms with E-state index in [4.69, 9.17) is 4.74 Å². The van der Waals surface area contributed by atoms with Gasteiger partial charge in [0.2, 0.25) is 0 Å². The number of anilines is 1. The molecule has 0 aliphatic rings. The van der Waals surface area contributed by atoms with Crippen molar-refractivity contribution in [2.75, 3.05) is 32.6 Å². The molecule has 0 spiro atoms. The van der Waals surface area contributed by atoms with Gasteiger partial charge in [0.05, 0.1) is 6.61 Å². The molecule has 8 nitrogen and oxygen atoms in total. The Kier molecular flexibility index (Phi) is 8.69. The first-order valence-corrected chi connectivity index (χ1v) is 12.3. The van der Waals surface area contributed by atoms with Crippen molar-refractivity contribution in [3.63, 3.8) is 0 Å². The highest BCUT2D eigenvalue weighted by Crippen LogP contribution is 2.13. The average molecular weight is 511 g/mol. The Morgan fingerprint density at radius 3 is 1.92 bits per heavy atom. The second kappa shape index (κ2) is 12.5. The number of aromatic nitrogens is 2. The van der Waals surface area contributed by atoms with Crippen molar-refractivity contribution >= 4 is 23.7 Å². The third-order valence-electron chi connectivity index (χ3n) is 5.71. The molecule has 1 aromatic heterocycles. The standard InChI is InChI=1S/C30H30N4O4/c1-34(2)17-6-18-38-25-15-11-22(12-16-25)20-27-30(37)32-26(29(36)33-27)19-21-9-13-23(14-10-21)28(35)31-24-7-4-3-5-8-24/h3-5,7-16,19-20H,6,17-18H2,1-2H3,(H,31,35)(H,32,37)(H,33,36). The van der Waals surface area contributed by atoms with Crippen molar-refractivity contribution in [1.82, 2.24) is 14.9 Å². The lowest BCUT2D eigenvalue weighted by atomic mass is 10.1. The number of carbonyl (C=O) groups is 1. The quantitative estimate of drug-likeness (QED) is 0.300. The molecular weight excluding hydrogens is 480 g/mol. The summed E-state index contributed by atoms with van der Waals surface area (Å²) < 4.78 is 5.73. The van der Waals surface area contributed by atoms with Crippen LogP contribution in [-0.2, 0) is 0 Å². The first-order chi connectivity index (χ1) is 18.4. The maximum atomic E-state index is 12.6. The van der Waals surface area contributed by atoms with Crippen LogP contribution in [0.15, 0.2) is 88.5 Å². The van der Waals surface area contributed by atoms with Crippen LogP contribution in [0.25, 0.3) is 12.2 Å². The summed E-state index contributed by atoms with van der Waals surface area (Å²) in [5.74, 6) is 0.509. The van der Waals surface area contributed by atoms with Crippen molar-refractivity contribution in [2.45, 2.75) is 6.42 Å². The van der Waals surface area contributed by atoms with Crippen molar-refractivity contribution < 1.29 is 9.53 Å². The number of nitrogens with one attached hydrogen (secondary N) is 3. The molecule has 1 amide bonds. The van der Waals surface area contributed by atoms with E-state index in [1.54, 1.807) is 36.4 Å². The number of para-hydroxylation sites is 1. The van der Waals surface area contributed by atoms with Gasteiger partial charge >= 0.3 is 0 Å². The molecule has 0 radical (unpaired) electrons. The van der Waals surface area contributed by atoms with Crippen LogP contribution in [0.4, 0.5) is 5.69 Å². The Morgan fingerprint density at radius 1 is 0.816 bits per heavy atom. The van der Waals surface area contributed by atoms with Gasteiger partial charge < -0.3 is 24.9 Å². The summed E-state index contributed by atoms with van der Waals surface area (Å²) in [4.78, 5) is 45.1. The largest absolute Gasteiger partial charge is 0.494 e. The van der Waals surface area contributed by atoms with Crippen LogP contribution >= 0.6 is 0 Å². The summed E-state index contributed by atoms with van der Waals surface area (Å²) >= 11 is 0. The number of amides is 1. The van der Waals surface area contributed by atoms with Crippen LogP contribution in [0.2, 0.25) is 0 Å². The van der Waals surface area contributed by atoms with E-state index in [9.17, 15) is 14.4 Å². The monoisotopic (exact) mass is 510 g/mol. The fourth-order valence-corrected chi connectivity index (χ4v) is 3.72. The van der Waals surface area contributed by atoms with Gasteiger partial charge in [0.1, 0.15) is 16.4 Å². The Hall–Kier alpha value is -4.69. The topological polar surface area (TPSA) is 107 Å². The zero-order valence-electron chi connectivity index (χ0n) is 21.4. The highest BCUT2D eigenvalue weighted by Gasteiger charge is 2.05. The van der Waals surface area contributed by atoms with Gasteiger partial charge in [-0.25, -0.2) is 0 Å². The Labute approximate surface area is 219 Å². The first kappa shape index (κ1) is 26.4. The van der Waals surface area contributed by atoms with E-state index in [0.29, 0.717) is 23.4 Å². The average Bonchev–Trinajstić information content (AvgIpc) is 2.91. The van der Waals surface area contributed by atoms with Crippen LogP contribution in [-0.4, -0.2) is 48.0 Å². The molecule has 0 saturated heterocycles. The van der Waals surface area contributed by atoms with Gasteiger partial charge in [-0.05, 0) is 80.2 Å². The van der Waals surface area contributed by atoms with Gasteiger partial charge in [0, 0.05) is 17.8 Å². The molecule has 0 saturated carbocycles. The molecular formula is C30H30N4O4. The minimum Gasteiger partial charge on any atom is -0.494 e. The van der Waals surface area contributed by atoms with Gasteiger partial charge in [0.25, 0.3) is 17.0 Å². The summed E-state index contributed by atoms with van der Waals surface area (Å²) in [5, 5.41) is 3.10. The normalized spacial score (nSPS) is 12.1. The van der Waals surface area contributed by atoms with Gasteiger partial charge in [-0.2, -0.15) is 0 Å². The summed E-state index contributed by atoms with van der Waals surface area (Å²) in [5.41, 5.74) is 1.76. The maximum absolute atomic E-state index is 12.6. The Bertz CT molecular complexity index is 1600. The minimum absolute atomic E-state index is 0.120. The van der Waals surface area contributed by atoms with E-state index in [2.05, 4.69) is 20.2 Å². The third-order valence-corrected chi connectivity index (χ3v) is 5.71.